The molecule has 0 saturated heterocycles. The molecule has 1 aromatic rings. The van der Waals surface area contributed by atoms with E-state index < -0.39 is 0 Å². The zero-order chi connectivity index (χ0) is 13.2. The van der Waals surface area contributed by atoms with E-state index in [1.54, 1.807) is 13.2 Å². The molecule has 0 aromatic heterocycles. The van der Waals surface area contributed by atoms with E-state index >= 15 is 0 Å². The summed E-state index contributed by atoms with van der Waals surface area (Å²) in [5.74, 6) is 0.403. The van der Waals surface area contributed by atoms with Crippen molar-refractivity contribution in [2.45, 2.75) is 56.2 Å². The molecule has 0 heterocycles. The molecule has 19 heavy (non-hydrogen) atoms. The summed E-state index contributed by atoms with van der Waals surface area (Å²) < 4.78 is 18.7. The summed E-state index contributed by atoms with van der Waals surface area (Å²) in [6.45, 7) is 0. The van der Waals surface area contributed by atoms with Gasteiger partial charge in [-0.1, -0.05) is 12.1 Å². The molecular formula is C16H22FNO. The van der Waals surface area contributed by atoms with Crippen molar-refractivity contribution in [3.8, 4) is 0 Å². The summed E-state index contributed by atoms with van der Waals surface area (Å²) >= 11 is 0. The predicted molar refractivity (Wildman–Crippen MR) is 73.7 cm³/mol. The molecule has 2 aliphatic carbocycles. The van der Waals surface area contributed by atoms with Gasteiger partial charge in [0.15, 0.2) is 0 Å². The molecule has 0 amide bonds. The first kappa shape index (κ1) is 13.1. The van der Waals surface area contributed by atoms with Crippen LogP contribution in [-0.2, 0) is 4.74 Å². The predicted octanol–water partition coefficient (Wildman–Crippen LogP) is 3.23. The lowest BCUT2D eigenvalue weighted by atomic mass is 9.75. The van der Waals surface area contributed by atoms with Crippen molar-refractivity contribution < 1.29 is 9.13 Å². The van der Waals surface area contributed by atoms with Crippen molar-refractivity contribution in [1.29, 1.82) is 0 Å². The minimum absolute atomic E-state index is 0.121. The Kier molecular flexibility index (Phi) is 3.85. The second-order valence-electron chi connectivity index (χ2n) is 5.90. The maximum absolute atomic E-state index is 13.2. The molecular weight excluding hydrogens is 241 g/mol. The molecule has 2 aliphatic rings. The third kappa shape index (κ3) is 2.82. The minimum atomic E-state index is -0.121. The Balaban J connectivity index is 1.50. The number of nitrogens with one attached hydrogen (secondary N) is 1. The highest BCUT2D eigenvalue weighted by Crippen LogP contribution is 2.38. The van der Waals surface area contributed by atoms with Gasteiger partial charge < -0.3 is 10.1 Å². The fourth-order valence-corrected chi connectivity index (χ4v) is 3.49. The second kappa shape index (κ2) is 5.59. The van der Waals surface area contributed by atoms with Crippen molar-refractivity contribution in [1.82, 2.24) is 5.32 Å². The van der Waals surface area contributed by atoms with E-state index in [1.165, 1.54) is 25.3 Å². The standard InChI is InChI=1S/C16H22FNO/c1-19-16-7-3-6-15(16)18-14-9-12(10-14)11-4-2-5-13(17)8-11/h2,4-5,8,12,14-16,18H,3,6-7,9-10H2,1H3. The maximum Gasteiger partial charge on any atom is 0.123 e. The van der Waals surface area contributed by atoms with Crippen LogP contribution >= 0.6 is 0 Å². The van der Waals surface area contributed by atoms with E-state index in [-0.39, 0.29) is 5.82 Å². The highest BCUT2D eigenvalue weighted by Gasteiger charge is 2.35. The van der Waals surface area contributed by atoms with Crippen LogP contribution in [0.4, 0.5) is 4.39 Å². The lowest BCUT2D eigenvalue weighted by Crippen LogP contribution is -2.48. The molecule has 2 nitrogen and oxygen atoms in total. The van der Waals surface area contributed by atoms with Gasteiger partial charge in [-0.15, -0.1) is 0 Å². The van der Waals surface area contributed by atoms with Crippen molar-refractivity contribution in [3.05, 3.63) is 35.6 Å². The van der Waals surface area contributed by atoms with Crippen LogP contribution in [0, 0.1) is 5.82 Å². The van der Waals surface area contributed by atoms with Gasteiger partial charge in [0.2, 0.25) is 0 Å². The summed E-state index contributed by atoms with van der Waals surface area (Å²) in [6, 6.07) is 8.13. The molecule has 2 atom stereocenters. The van der Waals surface area contributed by atoms with Gasteiger partial charge >= 0.3 is 0 Å². The number of hydrogen-bond acceptors (Lipinski definition) is 2. The molecule has 0 aliphatic heterocycles. The van der Waals surface area contributed by atoms with Crippen LogP contribution in [-0.4, -0.2) is 25.3 Å². The number of ether oxygens (including phenoxy) is 1. The molecule has 2 unspecified atom stereocenters. The summed E-state index contributed by atoms with van der Waals surface area (Å²) in [7, 11) is 1.81. The Morgan fingerprint density at radius 3 is 2.84 bits per heavy atom. The Morgan fingerprint density at radius 1 is 1.26 bits per heavy atom. The van der Waals surface area contributed by atoms with Crippen molar-refractivity contribution in [3.63, 3.8) is 0 Å². The SMILES string of the molecule is COC1CCCC1NC1CC(c2cccc(F)c2)C1. The third-order valence-electron chi connectivity index (χ3n) is 4.66. The highest BCUT2D eigenvalue weighted by molar-refractivity contribution is 5.23. The minimum Gasteiger partial charge on any atom is -0.380 e. The quantitative estimate of drug-likeness (QED) is 0.900. The van der Waals surface area contributed by atoms with Gasteiger partial charge in [-0.05, 0) is 55.7 Å². The fraction of sp³-hybridized carbons (Fsp3) is 0.625. The van der Waals surface area contributed by atoms with Crippen molar-refractivity contribution in [2.24, 2.45) is 0 Å². The van der Waals surface area contributed by atoms with Crippen LogP contribution in [0.2, 0.25) is 0 Å². The van der Waals surface area contributed by atoms with Gasteiger partial charge in [-0.25, -0.2) is 4.39 Å². The Bertz CT molecular complexity index is 431. The van der Waals surface area contributed by atoms with Crippen molar-refractivity contribution in [2.75, 3.05) is 7.11 Å². The van der Waals surface area contributed by atoms with Gasteiger partial charge in [0.1, 0.15) is 5.82 Å². The van der Waals surface area contributed by atoms with Gasteiger partial charge in [0.05, 0.1) is 6.10 Å². The van der Waals surface area contributed by atoms with E-state index in [1.807, 2.05) is 12.1 Å². The lowest BCUT2D eigenvalue weighted by molar-refractivity contribution is 0.0747. The molecule has 0 spiro atoms. The Morgan fingerprint density at radius 2 is 2.11 bits per heavy atom. The van der Waals surface area contributed by atoms with Crippen LogP contribution < -0.4 is 5.32 Å². The molecule has 104 valence electrons. The summed E-state index contributed by atoms with van der Waals surface area (Å²) in [4.78, 5) is 0. The second-order valence-corrected chi connectivity index (χ2v) is 5.90. The van der Waals surface area contributed by atoms with Crippen LogP contribution in [0.3, 0.4) is 0 Å². The Labute approximate surface area is 114 Å². The first-order valence-electron chi connectivity index (χ1n) is 7.30. The molecule has 2 saturated carbocycles. The third-order valence-corrected chi connectivity index (χ3v) is 4.66. The number of benzene rings is 1. The van der Waals surface area contributed by atoms with Crippen LogP contribution in [0.5, 0.6) is 0 Å². The molecule has 3 heteroatoms. The van der Waals surface area contributed by atoms with Crippen LogP contribution in [0.15, 0.2) is 24.3 Å². The van der Waals surface area contributed by atoms with E-state index in [4.69, 9.17) is 4.74 Å². The zero-order valence-corrected chi connectivity index (χ0v) is 11.4. The van der Waals surface area contributed by atoms with Gasteiger partial charge in [-0.2, -0.15) is 0 Å². The average Bonchev–Trinajstić information content (AvgIpc) is 2.80. The van der Waals surface area contributed by atoms with E-state index in [9.17, 15) is 4.39 Å². The molecule has 0 bridgehead atoms. The molecule has 3 rings (SSSR count). The normalized spacial score (nSPS) is 34.2. The number of hydrogen-bond donors (Lipinski definition) is 1. The van der Waals surface area contributed by atoms with Crippen molar-refractivity contribution >= 4 is 0 Å². The molecule has 1 N–H and O–H groups in total. The average molecular weight is 263 g/mol. The topological polar surface area (TPSA) is 21.3 Å². The van der Waals surface area contributed by atoms with Crippen LogP contribution in [0.1, 0.15) is 43.6 Å². The lowest BCUT2D eigenvalue weighted by Gasteiger charge is -2.39. The fourth-order valence-electron chi connectivity index (χ4n) is 3.49. The smallest absolute Gasteiger partial charge is 0.123 e. The van der Waals surface area contributed by atoms with Crippen LogP contribution in [0.25, 0.3) is 0 Å². The monoisotopic (exact) mass is 263 g/mol. The van der Waals surface area contributed by atoms with E-state index in [0.29, 0.717) is 24.1 Å². The van der Waals surface area contributed by atoms with Gasteiger partial charge in [0.25, 0.3) is 0 Å². The largest absolute Gasteiger partial charge is 0.380 e. The highest BCUT2D eigenvalue weighted by atomic mass is 19.1. The number of methoxy groups -OCH3 is 1. The molecule has 1 aromatic carbocycles. The van der Waals surface area contributed by atoms with Gasteiger partial charge in [-0.3, -0.25) is 0 Å². The summed E-state index contributed by atoms with van der Waals surface area (Å²) in [5.41, 5.74) is 1.15. The summed E-state index contributed by atoms with van der Waals surface area (Å²) in [6.07, 6.45) is 6.28. The summed E-state index contributed by atoms with van der Waals surface area (Å²) in [5, 5.41) is 3.71. The Hall–Kier alpha value is -0.930. The van der Waals surface area contributed by atoms with E-state index in [0.717, 1.165) is 18.4 Å². The first-order valence-corrected chi connectivity index (χ1v) is 7.30. The van der Waals surface area contributed by atoms with Gasteiger partial charge in [0, 0.05) is 19.2 Å². The number of rotatable bonds is 4. The maximum atomic E-state index is 13.2. The molecule has 2 fully saturated rings. The number of halogens is 1. The zero-order valence-electron chi connectivity index (χ0n) is 11.4. The first-order chi connectivity index (χ1) is 9.26. The molecule has 0 radical (unpaired) electrons. The van der Waals surface area contributed by atoms with E-state index in [2.05, 4.69) is 5.32 Å².